The van der Waals surface area contributed by atoms with Crippen LogP contribution >= 0.6 is 0 Å². The number of hydrogen-bond donors (Lipinski definition) is 0. The van der Waals surface area contributed by atoms with E-state index in [4.69, 9.17) is 0 Å². The zero-order valence-electron chi connectivity index (χ0n) is 6.26. The van der Waals surface area contributed by atoms with Crippen molar-refractivity contribution in [3.63, 3.8) is 0 Å². The average Bonchev–Trinajstić information content (AvgIpc) is 2.08. The van der Waals surface area contributed by atoms with E-state index in [1.54, 1.807) is 0 Å². The molecule has 0 aromatic heterocycles. The summed E-state index contributed by atoms with van der Waals surface area (Å²) in [5.74, 6) is 0. The minimum absolute atomic E-state index is 0.160. The van der Waals surface area contributed by atoms with Gasteiger partial charge in [-0.25, -0.2) is 0 Å². The van der Waals surface area contributed by atoms with Crippen LogP contribution in [0.15, 0.2) is 17.4 Å². The molecule has 0 fully saturated rings. The first kappa shape index (κ1) is 6.46. The molecular weight excluding hydrogens is 112 g/mol. The van der Waals surface area contributed by atoms with Crippen molar-refractivity contribution in [2.24, 2.45) is 5.11 Å². The molecule has 0 bridgehead atoms. The maximum atomic E-state index is 4.23. The molecule has 1 aliphatic heterocycles. The lowest BCUT2D eigenvalue weighted by Crippen LogP contribution is -2.26. The Bertz CT molecular complexity index is 160. The van der Waals surface area contributed by atoms with Gasteiger partial charge in [-0.1, -0.05) is 4.70 Å². The van der Waals surface area contributed by atoms with Crippen LogP contribution in [0, 0.1) is 0 Å². The van der Waals surface area contributed by atoms with Gasteiger partial charge in [0.15, 0.2) is 11.7 Å². The first-order valence-electron chi connectivity index (χ1n) is 3.24. The van der Waals surface area contributed by atoms with Gasteiger partial charge in [0.25, 0.3) is 0 Å². The third-order valence-corrected chi connectivity index (χ3v) is 1.27. The van der Waals surface area contributed by atoms with Crippen molar-refractivity contribution in [1.82, 2.24) is 0 Å². The fourth-order valence-corrected chi connectivity index (χ4v) is 0.765. The number of hydrogen-bond acceptors (Lipinski definition) is 1. The van der Waals surface area contributed by atoms with Crippen molar-refractivity contribution in [3.05, 3.63) is 12.3 Å². The molecule has 0 atom stereocenters. The van der Waals surface area contributed by atoms with E-state index < -0.39 is 0 Å². The van der Waals surface area contributed by atoms with E-state index in [1.807, 2.05) is 10.9 Å². The fourth-order valence-electron chi connectivity index (χ4n) is 0.765. The average molecular weight is 125 g/mol. The molecule has 0 aromatic rings. The van der Waals surface area contributed by atoms with Crippen molar-refractivity contribution in [2.45, 2.75) is 26.3 Å². The summed E-state index contributed by atoms with van der Waals surface area (Å²) in [7, 11) is 0. The zero-order chi connectivity index (χ0) is 6.91. The van der Waals surface area contributed by atoms with Gasteiger partial charge in [0.1, 0.15) is 6.54 Å². The molecule has 0 saturated carbocycles. The summed E-state index contributed by atoms with van der Waals surface area (Å²) < 4.78 is 1.99. The van der Waals surface area contributed by atoms with Crippen LogP contribution < -0.4 is 0 Å². The Labute approximate surface area is 55.9 Å². The quantitative estimate of drug-likeness (QED) is 0.438. The van der Waals surface area contributed by atoms with Crippen LogP contribution in [0.25, 0.3) is 0 Å². The SMILES string of the molecule is CC(C)(C)[N+]1=NCC=C1. The van der Waals surface area contributed by atoms with E-state index in [-0.39, 0.29) is 5.54 Å². The molecule has 1 heterocycles. The first-order valence-corrected chi connectivity index (χ1v) is 3.24. The molecule has 0 N–H and O–H groups in total. The number of rotatable bonds is 0. The summed E-state index contributed by atoms with van der Waals surface area (Å²) in [6.45, 7) is 7.28. The monoisotopic (exact) mass is 125 g/mol. The third kappa shape index (κ3) is 1.37. The molecule has 0 spiro atoms. The van der Waals surface area contributed by atoms with Crippen LogP contribution in [-0.2, 0) is 0 Å². The van der Waals surface area contributed by atoms with E-state index in [9.17, 15) is 0 Å². The minimum Gasteiger partial charge on any atom is -0.0916 e. The topological polar surface area (TPSA) is 15.4 Å². The highest BCUT2D eigenvalue weighted by Crippen LogP contribution is 2.10. The Hall–Kier alpha value is -0.660. The van der Waals surface area contributed by atoms with Crippen molar-refractivity contribution in [2.75, 3.05) is 6.54 Å². The van der Waals surface area contributed by atoms with Gasteiger partial charge in [-0.2, -0.15) is 0 Å². The molecule has 0 saturated heterocycles. The Morgan fingerprint density at radius 3 is 2.33 bits per heavy atom. The van der Waals surface area contributed by atoms with E-state index in [0.29, 0.717) is 0 Å². The lowest BCUT2D eigenvalue weighted by atomic mass is 10.1. The molecule has 1 rings (SSSR count). The Kier molecular flexibility index (Phi) is 1.39. The number of nitrogens with zero attached hydrogens (tertiary/aromatic N) is 2. The predicted octanol–water partition coefficient (Wildman–Crippen LogP) is 1.78. The molecule has 1 aliphatic rings. The van der Waals surface area contributed by atoms with Gasteiger partial charge in [-0.3, -0.25) is 0 Å². The van der Waals surface area contributed by atoms with Crippen LogP contribution in [0.5, 0.6) is 0 Å². The molecule has 0 aromatic carbocycles. The summed E-state index contributed by atoms with van der Waals surface area (Å²) in [6, 6.07) is 0. The highest BCUT2D eigenvalue weighted by atomic mass is 15.3. The Morgan fingerprint density at radius 1 is 1.44 bits per heavy atom. The summed E-state index contributed by atoms with van der Waals surface area (Å²) in [6.07, 6.45) is 4.09. The summed E-state index contributed by atoms with van der Waals surface area (Å²) in [5.41, 5.74) is 0.160. The smallest absolute Gasteiger partial charge is 0.0916 e. The van der Waals surface area contributed by atoms with Gasteiger partial charge in [-0.15, -0.1) is 0 Å². The van der Waals surface area contributed by atoms with Crippen LogP contribution in [0.2, 0.25) is 0 Å². The van der Waals surface area contributed by atoms with Crippen LogP contribution in [0.3, 0.4) is 0 Å². The molecule has 50 valence electrons. The van der Waals surface area contributed by atoms with Gasteiger partial charge in [0.2, 0.25) is 0 Å². The molecule has 9 heavy (non-hydrogen) atoms. The molecule has 0 unspecified atom stereocenters. The van der Waals surface area contributed by atoms with Gasteiger partial charge in [0, 0.05) is 26.8 Å². The normalized spacial score (nSPS) is 18.3. The van der Waals surface area contributed by atoms with Gasteiger partial charge in [-0.05, 0) is 5.11 Å². The van der Waals surface area contributed by atoms with Gasteiger partial charge >= 0.3 is 0 Å². The lowest BCUT2D eigenvalue weighted by Gasteiger charge is -2.08. The number of azo groups is 2. The first-order chi connectivity index (χ1) is 4.11. The van der Waals surface area contributed by atoms with Gasteiger partial charge < -0.3 is 0 Å². The van der Waals surface area contributed by atoms with Crippen molar-refractivity contribution in [3.8, 4) is 0 Å². The van der Waals surface area contributed by atoms with Crippen molar-refractivity contribution >= 4 is 0 Å². The second kappa shape index (κ2) is 1.94. The summed E-state index contributed by atoms with van der Waals surface area (Å²) in [5, 5.41) is 4.23. The Balaban J connectivity index is 2.73. The van der Waals surface area contributed by atoms with Crippen LogP contribution in [0.4, 0.5) is 0 Å². The molecule has 0 amide bonds. The van der Waals surface area contributed by atoms with Gasteiger partial charge in [0.05, 0.1) is 0 Å². The third-order valence-electron chi connectivity index (χ3n) is 1.27. The molecule has 0 aliphatic carbocycles. The van der Waals surface area contributed by atoms with Crippen LogP contribution in [-0.4, -0.2) is 16.8 Å². The summed E-state index contributed by atoms with van der Waals surface area (Å²) >= 11 is 0. The largest absolute Gasteiger partial charge is 0.194 e. The minimum atomic E-state index is 0.160. The highest BCUT2D eigenvalue weighted by Gasteiger charge is 2.25. The van der Waals surface area contributed by atoms with Crippen LogP contribution in [0.1, 0.15) is 20.8 Å². The Morgan fingerprint density at radius 2 is 2.11 bits per heavy atom. The van der Waals surface area contributed by atoms with E-state index in [2.05, 4.69) is 32.0 Å². The van der Waals surface area contributed by atoms with E-state index in [1.165, 1.54) is 0 Å². The highest BCUT2D eigenvalue weighted by molar-refractivity contribution is 4.79. The van der Waals surface area contributed by atoms with E-state index in [0.717, 1.165) is 6.54 Å². The summed E-state index contributed by atoms with van der Waals surface area (Å²) in [4.78, 5) is 0. The molecule has 2 heteroatoms. The molecule has 0 radical (unpaired) electrons. The van der Waals surface area contributed by atoms with E-state index >= 15 is 0 Å². The second-order valence-corrected chi connectivity index (χ2v) is 3.22. The molecule has 2 nitrogen and oxygen atoms in total. The second-order valence-electron chi connectivity index (χ2n) is 3.22. The standard InChI is InChI=1S/C7H13N2/c1-7(2,3)9-6-4-5-8-9/h4,6H,5H2,1-3H3/q+1. The van der Waals surface area contributed by atoms with Crippen molar-refractivity contribution < 1.29 is 4.70 Å². The predicted molar refractivity (Wildman–Crippen MR) is 36.4 cm³/mol. The fraction of sp³-hybridized carbons (Fsp3) is 0.714. The molecular formula is C7H13N2+. The lowest BCUT2D eigenvalue weighted by molar-refractivity contribution is -0.593. The maximum Gasteiger partial charge on any atom is 0.194 e. The maximum absolute atomic E-state index is 4.23. The zero-order valence-corrected chi connectivity index (χ0v) is 6.26. The van der Waals surface area contributed by atoms with Crippen molar-refractivity contribution in [1.29, 1.82) is 0 Å².